The van der Waals surface area contributed by atoms with E-state index in [1.807, 2.05) is 12.4 Å². The average Bonchev–Trinajstić information content (AvgIpc) is 2.53. The first-order valence-electron chi connectivity index (χ1n) is 7.90. The fourth-order valence-electron chi connectivity index (χ4n) is 3.40. The van der Waals surface area contributed by atoms with Gasteiger partial charge < -0.3 is 10.1 Å². The van der Waals surface area contributed by atoms with Crippen molar-refractivity contribution >= 4 is 16.5 Å². The summed E-state index contributed by atoms with van der Waals surface area (Å²) in [5.74, 6) is 0. The first-order chi connectivity index (χ1) is 10.2. The van der Waals surface area contributed by atoms with Crippen LogP contribution in [0.3, 0.4) is 0 Å². The normalized spacial score (nSPS) is 28.3. The Morgan fingerprint density at radius 2 is 2.19 bits per heavy atom. The first-order valence-corrected chi connectivity index (χ1v) is 7.90. The lowest BCUT2D eigenvalue weighted by Gasteiger charge is -2.54. The molecule has 3 atom stereocenters. The van der Waals surface area contributed by atoms with E-state index in [1.165, 1.54) is 16.5 Å². The first kappa shape index (κ1) is 14.3. The van der Waals surface area contributed by atoms with Crippen molar-refractivity contribution < 1.29 is 4.74 Å². The van der Waals surface area contributed by atoms with Crippen molar-refractivity contribution in [1.29, 1.82) is 0 Å². The SMILES string of the molecule is CCOC1CC(Nc2cccc3ccncc23)C1(C)CC. The molecule has 1 aliphatic carbocycles. The second-order valence-corrected chi connectivity index (χ2v) is 6.14. The number of fused-ring (bicyclic) bond motifs is 1. The quantitative estimate of drug-likeness (QED) is 0.891. The molecule has 21 heavy (non-hydrogen) atoms. The predicted octanol–water partition coefficient (Wildman–Crippen LogP) is 4.24. The Labute approximate surface area is 126 Å². The van der Waals surface area contributed by atoms with Crippen LogP contribution < -0.4 is 5.32 Å². The van der Waals surface area contributed by atoms with Gasteiger partial charge in [-0.05, 0) is 37.3 Å². The van der Waals surface area contributed by atoms with Crippen LogP contribution in [0.2, 0.25) is 0 Å². The molecule has 1 N–H and O–H groups in total. The molecule has 1 aromatic heterocycles. The minimum atomic E-state index is 0.209. The number of pyridine rings is 1. The maximum absolute atomic E-state index is 5.89. The van der Waals surface area contributed by atoms with Gasteiger partial charge in [0.25, 0.3) is 0 Å². The van der Waals surface area contributed by atoms with E-state index in [0.29, 0.717) is 12.1 Å². The molecule has 112 valence electrons. The molecule has 0 spiro atoms. The number of nitrogens with one attached hydrogen (secondary N) is 1. The molecule has 3 unspecified atom stereocenters. The Kier molecular flexibility index (Phi) is 3.85. The van der Waals surface area contributed by atoms with Crippen molar-refractivity contribution in [3.8, 4) is 0 Å². The van der Waals surface area contributed by atoms with E-state index in [2.05, 4.69) is 55.3 Å². The fraction of sp³-hybridized carbons (Fsp3) is 0.500. The fourth-order valence-corrected chi connectivity index (χ4v) is 3.40. The summed E-state index contributed by atoms with van der Waals surface area (Å²) in [6.07, 6.45) is 6.36. The van der Waals surface area contributed by atoms with E-state index in [0.717, 1.165) is 19.4 Å². The summed E-state index contributed by atoms with van der Waals surface area (Å²) in [7, 11) is 0. The van der Waals surface area contributed by atoms with Crippen molar-refractivity contribution in [2.45, 2.75) is 45.8 Å². The minimum Gasteiger partial charge on any atom is -0.381 e. The van der Waals surface area contributed by atoms with Crippen molar-refractivity contribution in [1.82, 2.24) is 4.98 Å². The number of aromatic nitrogens is 1. The van der Waals surface area contributed by atoms with Gasteiger partial charge in [-0.15, -0.1) is 0 Å². The lowest BCUT2D eigenvalue weighted by molar-refractivity contribution is -0.109. The molecule has 0 amide bonds. The number of hydrogen-bond donors (Lipinski definition) is 1. The molecule has 1 fully saturated rings. The molecule has 0 saturated heterocycles. The van der Waals surface area contributed by atoms with Crippen molar-refractivity contribution in [3.05, 3.63) is 36.7 Å². The summed E-state index contributed by atoms with van der Waals surface area (Å²) >= 11 is 0. The molecular formula is C18H24N2O. The monoisotopic (exact) mass is 284 g/mol. The molecule has 3 rings (SSSR count). The van der Waals surface area contributed by atoms with E-state index in [1.54, 1.807) is 0 Å². The third kappa shape index (κ3) is 2.40. The summed E-state index contributed by atoms with van der Waals surface area (Å²) in [4.78, 5) is 4.26. The van der Waals surface area contributed by atoms with E-state index in [4.69, 9.17) is 4.74 Å². The Hall–Kier alpha value is -1.61. The smallest absolute Gasteiger partial charge is 0.0667 e. The third-order valence-electron chi connectivity index (χ3n) is 5.12. The molecule has 2 aromatic rings. The molecule has 0 bridgehead atoms. The van der Waals surface area contributed by atoms with Crippen LogP contribution in [-0.4, -0.2) is 23.7 Å². The Balaban J connectivity index is 1.83. The van der Waals surface area contributed by atoms with Crippen LogP contribution in [0.15, 0.2) is 36.7 Å². The predicted molar refractivity (Wildman–Crippen MR) is 87.6 cm³/mol. The van der Waals surface area contributed by atoms with Crippen LogP contribution in [0.5, 0.6) is 0 Å². The number of anilines is 1. The molecule has 0 aliphatic heterocycles. The summed E-state index contributed by atoms with van der Waals surface area (Å²) in [5.41, 5.74) is 1.39. The molecule has 1 aliphatic rings. The highest BCUT2D eigenvalue weighted by Crippen LogP contribution is 2.47. The van der Waals surface area contributed by atoms with Gasteiger partial charge in [-0.1, -0.05) is 26.0 Å². The largest absolute Gasteiger partial charge is 0.381 e. The number of ether oxygens (including phenoxy) is 1. The van der Waals surface area contributed by atoms with Crippen LogP contribution >= 0.6 is 0 Å². The zero-order valence-electron chi connectivity index (χ0n) is 13.1. The molecular weight excluding hydrogens is 260 g/mol. The minimum absolute atomic E-state index is 0.209. The van der Waals surface area contributed by atoms with Crippen molar-refractivity contribution in [2.75, 3.05) is 11.9 Å². The number of rotatable bonds is 5. The molecule has 3 nitrogen and oxygen atoms in total. The van der Waals surface area contributed by atoms with Gasteiger partial charge in [-0.2, -0.15) is 0 Å². The van der Waals surface area contributed by atoms with Gasteiger partial charge in [-0.3, -0.25) is 4.98 Å². The highest BCUT2D eigenvalue weighted by Gasteiger charge is 2.51. The van der Waals surface area contributed by atoms with Crippen LogP contribution in [0.4, 0.5) is 5.69 Å². The number of hydrogen-bond acceptors (Lipinski definition) is 3. The second kappa shape index (κ2) is 5.64. The number of nitrogens with zero attached hydrogens (tertiary/aromatic N) is 1. The van der Waals surface area contributed by atoms with E-state index >= 15 is 0 Å². The van der Waals surface area contributed by atoms with Gasteiger partial charge >= 0.3 is 0 Å². The standard InChI is InChI=1S/C18H24N2O/c1-4-18(3)16(11-17(18)21-5-2)20-15-8-6-7-13-9-10-19-12-14(13)15/h6-10,12,16-17,20H,4-5,11H2,1-3H3. The Morgan fingerprint density at radius 1 is 1.33 bits per heavy atom. The van der Waals surface area contributed by atoms with Crippen LogP contribution in [0.25, 0.3) is 10.8 Å². The molecule has 3 heteroatoms. The highest BCUT2D eigenvalue weighted by atomic mass is 16.5. The maximum atomic E-state index is 5.89. The van der Waals surface area contributed by atoms with Gasteiger partial charge in [0.1, 0.15) is 0 Å². The Bertz CT molecular complexity index is 622. The van der Waals surface area contributed by atoms with Crippen LogP contribution in [0, 0.1) is 5.41 Å². The maximum Gasteiger partial charge on any atom is 0.0667 e. The highest BCUT2D eigenvalue weighted by molar-refractivity contribution is 5.93. The van der Waals surface area contributed by atoms with E-state index in [-0.39, 0.29) is 5.41 Å². The molecule has 0 radical (unpaired) electrons. The van der Waals surface area contributed by atoms with Gasteiger partial charge in [0, 0.05) is 41.5 Å². The Morgan fingerprint density at radius 3 is 2.95 bits per heavy atom. The lowest BCUT2D eigenvalue weighted by Crippen LogP contribution is -2.59. The van der Waals surface area contributed by atoms with Crippen molar-refractivity contribution in [3.63, 3.8) is 0 Å². The summed E-state index contributed by atoms with van der Waals surface area (Å²) in [5, 5.41) is 6.15. The van der Waals surface area contributed by atoms with Gasteiger partial charge in [0.2, 0.25) is 0 Å². The van der Waals surface area contributed by atoms with E-state index < -0.39 is 0 Å². The van der Waals surface area contributed by atoms with Crippen molar-refractivity contribution in [2.24, 2.45) is 5.41 Å². The lowest BCUT2D eigenvalue weighted by atomic mass is 9.61. The molecule has 1 heterocycles. The summed E-state index contributed by atoms with van der Waals surface area (Å²) in [6, 6.07) is 8.90. The van der Waals surface area contributed by atoms with Gasteiger partial charge in [-0.25, -0.2) is 0 Å². The number of benzene rings is 1. The van der Waals surface area contributed by atoms with Gasteiger partial charge in [0.15, 0.2) is 0 Å². The zero-order valence-corrected chi connectivity index (χ0v) is 13.1. The zero-order chi connectivity index (χ0) is 14.9. The topological polar surface area (TPSA) is 34.1 Å². The van der Waals surface area contributed by atoms with Crippen LogP contribution in [0.1, 0.15) is 33.6 Å². The van der Waals surface area contributed by atoms with Gasteiger partial charge in [0.05, 0.1) is 6.10 Å². The van der Waals surface area contributed by atoms with E-state index in [9.17, 15) is 0 Å². The average molecular weight is 284 g/mol. The molecule has 1 saturated carbocycles. The second-order valence-electron chi connectivity index (χ2n) is 6.14. The summed E-state index contributed by atoms with van der Waals surface area (Å²) < 4.78 is 5.89. The molecule has 1 aromatic carbocycles. The summed E-state index contributed by atoms with van der Waals surface area (Å²) in [6.45, 7) is 7.46. The van der Waals surface area contributed by atoms with Crippen LogP contribution in [-0.2, 0) is 4.74 Å². The third-order valence-corrected chi connectivity index (χ3v) is 5.12.